The van der Waals surface area contributed by atoms with E-state index in [-0.39, 0.29) is 6.03 Å². The topological polar surface area (TPSA) is 81.7 Å². The van der Waals surface area contributed by atoms with E-state index in [0.29, 0.717) is 25.3 Å². The number of carbonyl (C=O) groups excluding carboxylic acids is 1. The number of carboxylic acids is 1. The zero-order valence-corrected chi connectivity index (χ0v) is 12.7. The molecule has 3 N–H and O–H groups in total. The number of rotatable bonds is 6. The van der Waals surface area contributed by atoms with Crippen LogP contribution in [0.15, 0.2) is 0 Å². The number of amides is 2. The molecule has 0 radical (unpaired) electrons. The molecule has 20 heavy (non-hydrogen) atoms. The molecule has 0 aliphatic heterocycles. The highest BCUT2D eigenvalue weighted by atomic mass is 16.4. The highest BCUT2D eigenvalue weighted by Crippen LogP contribution is 2.33. The smallest absolute Gasteiger partial charge is 0.329 e. The average Bonchev–Trinajstić information content (AvgIpc) is 2.38. The zero-order chi connectivity index (χ0) is 15.2. The molecule has 0 unspecified atom stereocenters. The number of nitrogens with zero attached hydrogens (tertiary/aromatic N) is 1. The van der Waals surface area contributed by atoms with Crippen molar-refractivity contribution in [2.24, 2.45) is 5.92 Å². The summed E-state index contributed by atoms with van der Waals surface area (Å²) in [4.78, 5) is 25.3. The van der Waals surface area contributed by atoms with Crippen molar-refractivity contribution in [2.75, 3.05) is 27.2 Å². The molecule has 6 heteroatoms. The van der Waals surface area contributed by atoms with Crippen LogP contribution in [0.1, 0.15) is 39.0 Å². The fourth-order valence-corrected chi connectivity index (χ4v) is 2.63. The normalized spacial score (nSPS) is 26.3. The number of hydrogen-bond acceptors (Lipinski definition) is 3. The van der Waals surface area contributed by atoms with Gasteiger partial charge in [-0.2, -0.15) is 0 Å². The Balaban J connectivity index is 2.51. The van der Waals surface area contributed by atoms with E-state index in [9.17, 15) is 14.7 Å². The minimum absolute atomic E-state index is 0.385. The Labute approximate surface area is 120 Å². The maximum absolute atomic E-state index is 11.8. The van der Waals surface area contributed by atoms with Crippen molar-refractivity contribution in [3.8, 4) is 0 Å². The number of carboxylic acid groups (broad SMARTS) is 1. The molecular formula is C14H27N3O3. The van der Waals surface area contributed by atoms with Crippen molar-refractivity contribution in [1.29, 1.82) is 0 Å². The molecule has 0 aromatic rings. The van der Waals surface area contributed by atoms with E-state index < -0.39 is 11.5 Å². The summed E-state index contributed by atoms with van der Waals surface area (Å²) in [5, 5.41) is 14.9. The van der Waals surface area contributed by atoms with Crippen LogP contribution in [-0.2, 0) is 4.79 Å². The zero-order valence-electron chi connectivity index (χ0n) is 12.7. The first-order chi connectivity index (χ1) is 9.39. The van der Waals surface area contributed by atoms with Gasteiger partial charge in [-0.25, -0.2) is 9.59 Å². The summed E-state index contributed by atoms with van der Waals surface area (Å²) >= 11 is 0. The number of urea groups is 1. The first-order valence-corrected chi connectivity index (χ1v) is 7.34. The van der Waals surface area contributed by atoms with Gasteiger partial charge in [0.05, 0.1) is 0 Å². The summed E-state index contributed by atoms with van der Waals surface area (Å²) in [6.07, 6.45) is 3.83. The minimum atomic E-state index is -1.09. The van der Waals surface area contributed by atoms with Gasteiger partial charge in [-0.15, -0.1) is 0 Å². The van der Waals surface area contributed by atoms with Crippen molar-refractivity contribution < 1.29 is 14.7 Å². The van der Waals surface area contributed by atoms with Gasteiger partial charge in [0.1, 0.15) is 5.54 Å². The van der Waals surface area contributed by atoms with Crippen LogP contribution in [0.3, 0.4) is 0 Å². The molecule has 2 amide bonds. The lowest BCUT2D eigenvalue weighted by atomic mass is 9.75. The average molecular weight is 285 g/mol. The lowest BCUT2D eigenvalue weighted by molar-refractivity contribution is -0.146. The van der Waals surface area contributed by atoms with Crippen molar-refractivity contribution in [3.63, 3.8) is 0 Å². The minimum Gasteiger partial charge on any atom is -0.480 e. The monoisotopic (exact) mass is 285 g/mol. The second-order valence-corrected chi connectivity index (χ2v) is 5.92. The first-order valence-electron chi connectivity index (χ1n) is 7.34. The van der Waals surface area contributed by atoms with E-state index in [0.717, 1.165) is 25.8 Å². The van der Waals surface area contributed by atoms with Gasteiger partial charge in [0, 0.05) is 13.1 Å². The summed E-state index contributed by atoms with van der Waals surface area (Å²) in [6, 6.07) is -0.385. The van der Waals surface area contributed by atoms with Crippen molar-refractivity contribution in [2.45, 2.75) is 44.6 Å². The second-order valence-electron chi connectivity index (χ2n) is 5.92. The molecule has 0 heterocycles. The molecule has 0 spiro atoms. The van der Waals surface area contributed by atoms with Crippen molar-refractivity contribution in [1.82, 2.24) is 15.5 Å². The summed E-state index contributed by atoms with van der Waals surface area (Å²) < 4.78 is 0. The maximum atomic E-state index is 11.8. The predicted molar refractivity (Wildman–Crippen MR) is 77.7 cm³/mol. The largest absolute Gasteiger partial charge is 0.480 e. The Morgan fingerprint density at radius 3 is 2.35 bits per heavy atom. The predicted octanol–water partition coefficient (Wildman–Crippen LogP) is 1.27. The van der Waals surface area contributed by atoms with Gasteiger partial charge in [0.2, 0.25) is 0 Å². The Hall–Kier alpha value is -1.30. The van der Waals surface area contributed by atoms with Crippen LogP contribution in [0.25, 0.3) is 0 Å². The number of nitrogens with one attached hydrogen (secondary N) is 2. The van der Waals surface area contributed by atoms with Crippen LogP contribution in [0.2, 0.25) is 0 Å². The van der Waals surface area contributed by atoms with Crippen molar-refractivity contribution >= 4 is 12.0 Å². The molecule has 6 nitrogen and oxygen atoms in total. The van der Waals surface area contributed by atoms with E-state index in [2.05, 4.69) is 17.6 Å². The van der Waals surface area contributed by atoms with Crippen LogP contribution in [-0.4, -0.2) is 54.7 Å². The van der Waals surface area contributed by atoms with Crippen molar-refractivity contribution in [3.05, 3.63) is 0 Å². The molecule has 0 aromatic heterocycles. The molecule has 1 aliphatic carbocycles. The van der Waals surface area contributed by atoms with Crippen LogP contribution >= 0.6 is 0 Å². The molecule has 1 aliphatic rings. The second kappa shape index (κ2) is 7.47. The summed E-state index contributed by atoms with van der Waals surface area (Å²) in [5.41, 5.74) is -1.09. The molecule has 0 bridgehead atoms. The van der Waals surface area contributed by atoms with Gasteiger partial charge in [-0.1, -0.05) is 13.3 Å². The highest BCUT2D eigenvalue weighted by molar-refractivity contribution is 5.86. The fraction of sp³-hybridized carbons (Fsp3) is 0.857. The maximum Gasteiger partial charge on any atom is 0.329 e. The van der Waals surface area contributed by atoms with E-state index in [1.165, 1.54) is 0 Å². The quantitative estimate of drug-likeness (QED) is 0.686. The Morgan fingerprint density at radius 2 is 1.90 bits per heavy atom. The van der Waals surface area contributed by atoms with Gasteiger partial charge in [0.15, 0.2) is 0 Å². The van der Waals surface area contributed by atoms with Gasteiger partial charge >= 0.3 is 12.0 Å². The lowest BCUT2D eigenvalue weighted by Gasteiger charge is -2.37. The molecule has 0 aromatic carbocycles. The molecule has 0 saturated heterocycles. The number of hydrogen-bond donors (Lipinski definition) is 3. The number of carbonyl (C=O) groups is 2. The van der Waals surface area contributed by atoms with E-state index in [1.807, 2.05) is 19.0 Å². The summed E-state index contributed by atoms with van der Waals surface area (Å²) in [5.74, 6) is -0.337. The lowest BCUT2D eigenvalue weighted by Crippen LogP contribution is -2.59. The molecule has 116 valence electrons. The van der Waals surface area contributed by atoms with Gasteiger partial charge in [-0.05, 0) is 45.7 Å². The van der Waals surface area contributed by atoms with E-state index >= 15 is 0 Å². The van der Waals surface area contributed by atoms with Crippen LogP contribution < -0.4 is 10.6 Å². The molecule has 1 fully saturated rings. The standard InChI is InChI=1S/C14H27N3O3/c1-4-11-5-7-14(8-6-11,12(18)19)16-13(20)15-9-10-17(2)3/h11H,4-10H2,1-3H3,(H,18,19)(H2,15,16,20). The first kappa shape index (κ1) is 16.8. The molecular weight excluding hydrogens is 258 g/mol. The summed E-state index contributed by atoms with van der Waals surface area (Å²) in [7, 11) is 3.84. The van der Waals surface area contributed by atoms with Gasteiger partial charge in [-0.3, -0.25) is 0 Å². The molecule has 0 atom stereocenters. The number of likely N-dealkylation sites (N-methyl/N-ethyl adjacent to an activating group) is 1. The van der Waals surface area contributed by atoms with Crippen LogP contribution in [0.5, 0.6) is 0 Å². The SMILES string of the molecule is CCC1CCC(NC(=O)NCCN(C)C)(C(=O)O)CC1. The third-order valence-electron chi connectivity index (χ3n) is 4.14. The Bertz CT molecular complexity index is 337. The molecule has 1 saturated carbocycles. The molecule has 1 rings (SSSR count). The Kier molecular flexibility index (Phi) is 6.26. The Morgan fingerprint density at radius 1 is 1.30 bits per heavy atom. The number of aliphatic carboxylic acids is 1. The third kappa shape index (κ3) is 4.67. The summed E-state index contributed by atoms with van der Waals surface area (Å²) in [6.45, 7) is 3.36. The van der Waals surface area contributed by atoms with Gasteiger partial charge < -0.3 is 20.6 Å². The highest BCUT2D eigenvalue weighted by Gasteiger charge is 2.42. The fourth-order valence-electron chi connectivity index (χ4n) is 2.63. The third-order valence-corrected chi connectivity index (χ3v) is 4.14. The van der Waals surface area contributed by atoms with Crippen LogP contribution in [0, 0.1) is 5.92 Å². The van der Waals surface area contributed by atoms with E-state index in [4.69, 9.17) is 0 Å². The van der Waals surface area contributed by atoms with Gasteiger partial charge in [0.25, 0.3) is 0 Å². The van der Waals surface area contributed by atoms with Crippen LogP contribution in [0.4, 0.5) is 4.79 Å². The van der Waals surface area contributed by atoms with E-state index in [1.54, 1.807) is 0 Å².